The molecule has 10 nitrogen and oxygen atoms in total. The summed E-state index contributed by atoms with van der Waals surface area (Å²) in [6, 6.07) is 10.4. The Hall–Kier alpha value is -4.38. The summed E-state index contributed by atoms with van der Waals surface area (Å²) in [4.78, 5) is 27.9. The zero-order valence-electron chi connectivity index (χ0n) is 20.1. The first-order valence-electron chi connectivity index (χ1n) is 12.1. The number of nitrogen functional groups attached to an aromatic ring is 1. The molecular formula is C26H25FN8O2. The van der Waals surface area contributed by atoms with Crippen LogP contribution < -0.4 is 16.0 Å². The largest absolute Gasteiger partial charge is 0.392 e. The third-order valence-corrected chi connectivity index (χ3v) is 6.75. The van der Waals surface area contributed by atoms with Crippen LogP contribution in [0.15, 0.2) is 42.6 Å². The van der Waals surface area contributed by atoms with Gasteiger partial charge in [-0.15, -0.1) is 0 Å². The van der Waals surface area contributed by atoms with Gasteiger partial charge in [-0.05, 0) is 48.4 Å². The van der Waals surface area contributed by atoms with Crippen LogP contribution in [0.3, 0.4) is 0 Å². The molecule has 188 valence electrons. The quantitative estimate of drug-likeness (QED) is 0.367. The minimum atomic E-state index is -0.494. The lowest BCUT2D eigenvalue weighted by Crippen LogP contribution is -2.39. The standard InChI is InChI=1S/C26H25FN8O2/c1-34-9-8-21(33-34)29-26-31-23(30-25(28)32-26)17-3-2-4-20(18(17)13-36)35-10-7-15-11-16(14-5-6-14)12-19(27)22(15)24(35)37/h2-4,8-9,11-12,14,36H,5-7,10,13H2,1H3,(H3,28,29,30,31,32,33). The molecule has 2 aliphatic rings. The molecule has 6 rings (SSSR count). The van der Waals surface area contributed by atoms with Crippen LogP contribution in [-0.2, 0) is 20.1 Å². The molecule has 1 saturated carbocycles. The summed E-state index contributed by atoms with van der Waals surface area (Å²) in [7, 11) is 1.79. The minimum absolute atomic E-state index is 0.0192. The van der Waals surface area contributed by atoms with Gasteiger partial charge in [0, 0.05) is 37.0 Å². The number of aromatic nitrogens is 5. The number of nitrogens with two attached hydrogens (primary N) is 1. The number of aliphatic hydroxyl groups is 1. The van der Waals surface area contributed by atoms with Gasteiger partial charge in [-0.3, -0.25) is 9.48 Å². The van der Waals surface area contributed by atoms with E-state index in [1.54, 1.807) is 42.2 Å². The van der Waals surface area contributed by atoms with Gasteiger partial charge in [-0.25, -0.2) is 4.39 Å². The number of hydrogen-bond donors (Lipinski definition) is 3. The van der Waals surface area contributed by atoms with E-state index in [1.807, 2.05) is 6.07 Å². The number of carbonyl (C=O) groups is 1. The molecule has 0 unspecified atom stereocenters. The van der Waals surface area contributed by atoms with E-state index in [0.717, 1.165) is 24.0 Å². The normalized spacial score (nSPS) is 15.1. The van der Waals surface area contributed by atoms with Crippen molar-refractivity contribution < 1.29 is 14.3 Å². The molecule has 1 aliphatic heterocycles. The van der Waals surface area contributed by atoms with E-state index in [4.69, 9.17) is 5.73 Å². The number of benzene rings is 2. The van der Waals surface area contributed by atoms with Gasteiger partial charge < -0.3 is 21.1 Å². The van der Waals surface area contributed by atoms with Crippen LogP contribution in [0.4, 0.5) is 27.8 Å². The van der Waals surface area contributed by atoms with Gasteiger partial charge >= 0.3 is 0 Å². The Morgan fingerprint density at radius 3 is 2.76 bits per heavy atom. The first kappa shape index (κ1) is 23.0. The van der Waals surface area contributed by atoms with E-state index in [9.17, 15) is 9.90 Å². The summed E-state index contributed by atoms with van der Waals surface area (Å²) in [6.07, 6.45) is 4.41. The maximum Gasteiger partial charge on any atom is 0.261 e. The molecule has 1 aliphatic carbocycles. The lowest BCUT2D eigenvalue weighted by Gasteiger charge is -2.31. The molecule has 2 aromatic carbocycles. The second kappa shape index (κ2) is 8.93. The van der Waals surface area contributed by atoms with Crippen LogP contribution in [-0.4, -0.2) is 42.3 Å². The Labute approximate surface area is 212 Å². The number of hydrogen-bond acceptors (Lipinski definition) is 8. The van der Waals surface area contributed by atoms with Crippen LogP contribution in [0, 0.1) is 5.82 Å². The van der Waals surface area contributed by atoms with Crippen molar-refractivity contribution in [2.24, 2.45) is 7.05 Å². The number of amides is 1. The SMILES string of the molecule is Cn1ccc(Nc2nc(N)nc(-c3cccc(N4CCc5cc(C6CC6)cc(F)c5C4=O)c3CO)n2)n1. The Kier molecular flexibility index (Phi) is 5.56. The molecule has 0 saturated heterocycles. The fourth-order valence-electron chi connectivity index (χ4n) is 4.84. The fraction of sp³-hybridized carbons (Fsp3) is 0.269. The second-order valence-electron chi connectivity index (χ2n) is 9.32. The molecule has 1 amide bonds. The molecule has 2 aromatic heterocycles. The predicted molar refractivity (Wildman–Crippen MR) is 136 cm³/mol. The van der Waals surface area contributed by atoms with Crippen molar-refractivity contribution in [1.82, 2.24) is 24.7 Å². The zero-order chi connectivity index (χ0) is 25.7. The summed E-state index contributed by atoms with van der Waals surface area (Å²) in [5.41, 5.74) is 9.15. The van der Waals surface area contributed by atoms with Gasteiger partial charge in [-0.1, -0.05) is 18.2 Å². The Morgan fingerprint density at radius 1 is 1.19 bits per heavy atom. The van der Waals surface area contributed by atoms with Crippen molar-refractivity contribution in [1.29, 1.82) is 0 Å². The third-order valence-electron chi connectivity index (χ3n) is 6.75. The van der Waals surface area contributed by atoms with Gasteiger partial charge in [0.05, 0.1) is 17.9 Å². The molecule has 3 heterocycles. The minimum Gasteiger partial charge on any atom is -0.392 e. The van der Waals surface area contributed by atoms with Crippen LogP contribution >= 0.6 is 0 Å². The molecule has 37 heavy (non-hydrogen) atoms. The number of fused-ring (bicyclic) bond motifs is 1. The Balaban J connectivity index is 1.37. The van der Waals surface area contributed by atoms with Crippen molar-refractivity contribution in [2.75, 3.05) is 22.5 Å². The highest BCUT2D eigenvalue weighted by atomic mass is 19.1. The van der Waals surface area contributed by atoms with Crippen molar-refractivity contribution in [3.05, 3.63) is 70.7 Å². The van der Waals surface area contributed by atoms with E-state index >= 15 is 4.39 Å². The van der Waals surface area contributed by atoms with Gasteiger partial charge in [-0.2, -0.15) is 20.1 Å². The summed E-state index contributed by atoms with van der Waals surface area (Å²) < 4.78 is 16.7. The van der Waals surface area contributed by atoms with E-state index in [0.29, 0.717) is 41.5 Å². The van der Waals surface area contributed by atoms with Crippen molar-refractivity contribution in [3.63, 3.8) is 0 Å². The molecular weight excluding hydrogens is 475 g/mol. The topological polar surface area (TPSA) is 135 Å². The van der Waals surface area contributed by atoms with E-state index in [1.165, 1.54) is 11.0 Å². The summed E-state index contributed by atoms with van der Waals surface area (Å²) in [6.45, 7) is -0.0263. The average Bonchev–Trinajstić information content (AvgIpc) is 3.65. The van der Waals surface area contributed by atoms with Gasteiger partial charge in [0.2, 0.25) is 11.9 Å². The first-order valence-corrected chi connectivity index (χ1v) is 12.1. The van der Waals surface area contributed by atoms with E-state index < -0.39 is 11.7 Å². The second-order valence-corrected chi connectivity index (χ2v) is 9.32. The number of aryl methyl sites for hydroxylation is 1. The lowest BCUT2D eigenvalue weighted by atomic mass is 9.93. The molecule has 0 spiro atoms. The van der Waals surface area contributed by atoms with Crippen molar-refractivity contribution >= 4 is 29.3 Å². The molecule has 0 atom stereocenters. The molecule has 0 radical (unpaired) electrons. The van der Waals surface area contributed by atoms with Crippen molar-refractivity contribution in [2.45, 2.75) is 31.8 Å². The van der Waals surface area contributed by atoms with E-state index in [2.05, 4.69) is 25.4 Å². The number of halogens is 1. The highest BCUT2D eigenvalue weighted by Gasteiger charge is 2.33. The number of anilines is 4. The fourth-order valence-corrected chi connectivity index (χ4v) is 4.84. The van der Waals surface area contributed by atoms with Gasteiger partial charge in [0.15, 0.2) is 11.6 Å². The highest BCUT2D eigenvalue weighted by Crippen LogP contribution is 2.42. The number of rotatable bonds is 6. The molecule has 4 N–H and O–H groups in total. The number of carbonyl (C=O) groups excluding carboxylic acids is 1. The predicted octanol–water partition coefficient (Wildman–Crippen LogP) is 3.31. The average molecular weight is 501 g/mol. The molecule has 1 fully saturated rings. The number of nitrogens with one attached hydrogen (secondary N) is 1. The summed E-state index contributed by atoms with van der Waals surface area (Å²) in [5.74, 6) is 0.394. The van der Waals surface area contributed by atoms with Crippen molar-refractivity contribution in [3.8, 4) is 11.4 Å². The lowest BCUT2D eigenvalue weighted by molar-refractivity contribution is 0.0976. The summed E-state index contributed by atoms with van der Waals surface area (Å²) >= 11 is 0. The Bertz CT molecular complexity index is 1530. The third kappa shape index (κ3) is 4.27. The number of nitrogens with zero attached hydrogens (tertiary/aromatic N) is 6. The first-order chi connectivity index (χ1) is 17.9. The zero-order valence-corrected chi connectivity index (χ0v) is 20.1. The molecule has 11 heteroatoms. The molecule has 4 aromatic rings. The van der Waals surface area contributed by atoms with Crippen LogP contribution in [0.5, 0.6) is 0 Å². The van der Waals surface area contributed by atoms with Gasteiger partial charge in [0.1, 0.15) is 5.82 Å². The smallest absolute Gasteiger partial charge is 0.261 e. The van der Waals surface area contributed by atoms with E-state index in [-0.39, 0.29) is 29.9 Å². The highest BCUT2D eigenvalue weighted by molar-refractivity contribution is 6.09. The van der Waals surface area contributed by atoms with Crippen LogP contribution in [0.25, 0.3) is 11.4 Å². The Morgan fingerprint density at radius 2 is 2.03 bits per heavy atom. The van der Waals surface area contributed by atoms with Crippen LogP contribution in [0.1, 0.15) is 45.8 Å². The maximum atomic E-state index is 15.1. The monoisotopic (exact) mass is 500 g/mol. The van der Waals surface area contributed by atoms with Gasteiger partial charge in [0.25, 0.3) is 5.91 Å². The van der Waals surface area contributed by atoms with Crippen LogP contribution in [0.2, 0.25) is 0 Å². The maximum absolute atomic E-state index is 15.1. The summed E-state index contributed by atoms with van der Waals surface area (Å²) in [5, 5.41) is 17.6. The number of aliphatic hydroxyl groups excluding tert-OH is 1. The molecule has 0 bridgehead atoms.